The second-order valence-electron chi connectivity index (χ2n) is 1.51. The summed E-state index contributed by atoms with van der Waals surface area (Å²) in [5, 5.41) is 0. The summed E-state index contributed by atoms with van der Waals surface area (Å²) in [7, 11) is 0. The summed E-state index contributed by atoms with van der Waals surface area (Å²) in [6, 6.07) is 0. The van der Waals surface area contributed by atoms with Gasteiger partial charge in [-0.1, -0.05) is 33.7 Å². The molecule has 0 aromatic carbocycles. The molecular formula is C4H8Cl3OP. The van der Waals surface area contributed by atoms with E-state index in [1.165, 1.54) is 12.8 Å². The molecule has 0 aromatic heterocycles. The van der Waals surface area contributed by atoms with Crippen LogP contribution in [-0.2, 0) is 4.74 Å². The van der Waals surface area contributed by atoms with Crippen LogP contribution in [0.15, 0.2) is 0 Å². The normalized spacial score (nSPS) is 17.3. The molecule has 0 saturated carbocycles. The van der Waals surface area contributed by atoms with Gasteiger partial charge in [-0.05, 0) is 12.8 Å². The van der Waals surface area contributed by atoms with Gasteiger partial charge in [-0.25, -0.2) is 0 Å². The topological polar surface area (TPSA) is 9.23 Å². The number of hydrogen-bond donors (Lipinski definition) is 0. The lowest BCUT2D eigenvalue weighted by Gasteiger charge is -1.76. The summed E-state index contributed by atoms with van der Waals surface area (Å²) in [5.74, 6) is -1.20. The Labute approximate surface area is 70.7 Å². The van der Waals surface area contributed by atoms with Gasteiger partial charge in [0.2, 0.25) is 0 Å². The molecule has 0 radical (unpaired) electrons. The molecule has 0 amide bonds. The van der Waals surface area contributed by atoms with E-state index < -0.39 is 5.98 Å². The summed E-state index contributed by atoms with van der Waals surface area (Å²) in [5.41, 5.74) is 0. The van der Waals surface area contributed by atoms with Gasteiger partial charge in [0.05, 0.1) is 0 Å². The molecule has 5 heteroatoms. The van der Waals surface area contributed by atoms with Crippen molar-refractivity contribution < 1.29 is 4.74 Å². The van der Waals surface area contributed by atoms with Crippen molar-refractivity contribution in [3.8, 4) is 0 Å². The minimum atomic E-state index is -1.20. The molecule has 1 nitrogen and oxygen atoms in total. The Hall–Kier alpha value is 1.26. The van der Waals surface area contributed by atoms with Gasteiger partial charge in [-0.2, -0.15) is 0 Å². The Morgan fingerprint density at radius 3 is 1.44 bits per heavy atom. The molecule has 0 N–H and O–H groups in total. The molecule has 0 aliphatic carbocycles. The lowest BCUT2D eigenvalue weighted by molar-refractivity contribution is 0.198. The highest BCUT2D eigenvalue weighted by atomic mass is 36.0. The third-order valence-corrected chi connectivity index (χ3v) is 0.827. The van der Waals surface area contributed by atoms with E-state index in [0.29, 0.717) is 0 Å². The van der Waals surface area contributed by atoms with Crippen LogP contribution in [0, 0.1) is 0 Å². The molecule has 1 fully saturated rings. The van der Waals surface area contributed by atoms with Crippen molar-refractivity contribution >= 4 is 39.7 Å². The third kappa shape index (κ3) is 12.5. The summed E-state index contributed by atoms with van der Waals surface area (Å²) in [4.78, 5) is 0. The number of halogens is 3. The second-order valence-corrected chi connectivity index (χ2v) is 6.49. The molecule has 0 aromatic rings. The minimum absolute atomic E-state index is 1.00. The molecule has 1 aliphatic rings. The van der Waals surface area contributed by atoms with Gasteiger partial charge in [0.15, 0.2) is 5.98 Å². The first-order chi connectivity index (χ1) is 4.23. The predicted molar refractivity (Wildman–Crippen MR) is 44.5 cm³/mol. The molecule has 0 spiro atoms. The summed E-state index contributed by atoms with van der Waals surface area (Å²) >= 11 is 14.6. The van der Waals surface area contributed by atoms with E-state index in [2.05, 4.69) is 0 Å². The molecular weight excluding hydrogens is 201 g/mol. The van der Waals surface area contributed by atoms with Crippen molar-refractivity contribution in [1.29, 1.82) is 0 Å². The number of rotatable bonds is 0. The fraction of sp³-hybridized carbons (Fsp3) is 1.00. The zero-order chi connectivity index (χ0) is 7.11. The van der Waals surface area contributed by atoms with Gasteiger partial charge in [-0.15, -0.1) is 0 Å². The summed E-state index contributed by atoms with van der Waals surface area (Å²) < 4.78 is 4.94. The monoisotopic (exact) mass is 208 g/mol. The van der Waals surface area contributed by atoms with Gasteiger partial charge in [0.25, 0.3) is 0 Å². The van der Waals surface area contributed by atoms with E-state index in [0.717, 1.165) is 13.2 Å². The van der Waals surface area contributed by atoms with Crippen LogP contribution >= 0.6 is 39.7 Å². The van der Waals surface area contributed by atoms with Crippen molar-refractivity contribution in [2.24, 2.45) is 0 Å². The Balaban J connectivity index is 0.000000148. The molecule has 1 saturated heterocycles. The minimum Gasteiger partial charge on any atom is -0.381 e. The third-order valence-electron chi connectivity index (χ3n) is 0.827. The standard InChI is InChI=1S/C4H8O.Cl3P/c1-2-4-5-3-1;1-4(2)3/h1-4H2;. The molecule has 0 bridgehead atoms. The number of hydrogen-bond acceptors (Lipinski definition) is 1. The van der Waals surface area contributed by atoms with E-state index in [4.69, 9.17) is 38.5 Å². The van der Waals surface area contributed by atoms with Gasteiger partial charge in [0.1, 0.15) is 0 Å². The Morgan fingerprint density at radius 2 is 1.33 bits per heavy atom. The molecule has 9 heavy (non-hydrogen) atoms. The van der Waals surface area contributed by atoms with Crippen LogP contribution in [0.3, 0.4) is 0 Å². The summed E-state index contributed by atoms with van der Waals surface area (Å²) in [6.45, 7) is 2.00. The lowest BCUT2D eigenvalue weighted by atomic mass is 10.4. The fourth-order valence-corrected chi connectivity index (χ4v) is 0.510. The SMILES string of the molecule is C1CCOC1.ClP(Cl)Cl. The molecule has 56 valence electrons. The Kier molecular flexibility index (Phi) is 8.40. The Bertz CT molecular complexity index is 47.4. The molecule has 1 heterocycles. The average molecular weight is 209 g/mol. The average Bonchev–Trinajstić information content (AvgIpc) is 2.11. The van der Waals surface area contributed by atoms with E-state index in [9.17, 15) is 0 Å². The van der Waals surface area contributed by atoms with Crippen molar-refractivity contribution in [3.05, 3.63) is 0 Å². The van der Waals surface area contributed by atoms with Crippen LogP contribution in [0.4, 0.5) is 0 Å². The smallest absolute Gasteiger partial charge is 0.179 e. The maximum atomic E-state index is 4.94. The second kappa shape index (κ2) is 7.37. The van der Waals surface area contributed by atoms with Crippen LogP contribution in [0.2, 0.25) is 0 Å². The van der Waals surface area contributed by atoms with Crippen LogP contribution in [0.25, 0.3) is 0 Å². The predicted octanol–water partition coefficient (Wildman–Crippen LogP) is 3.73. The highest BCUT2D eigenvalue weighted by Crippen LogP contribution is 2.51. The zero-order valence-corrected chi connectivity index (χ0v) is 7.98. The summed E-state index contributed by atoms with van der Waals surface area (Å²) in [6.07, 6.45) is 2.56. The van der Waals surface area contributed by atoms with Crippen molar-refractivity contribution in [3.63, 3.8) is 0 Å². The molecule has 0 atom stereocenters. The first-order valence-corrected chi connectivity index (χ1v) is 6.64. The lowest BCUT2D eigenvalue weighted by Crippen LogP contribution is -1.74. The van der Waals surface area contributed by atoms with Crippen molar-refractivity contribution in [2.75, 3.05) is 13.2 Å². The number of ether oxygens (including phenoxy) is 1. The van der Waals surface area contributed by atoms with E-state index in [1.807, 2.05) is 0 Å². The first-order valence-electron chi connectivity index (χ1n) is 2.58. The van der Waals surface area contributed by atoms with Crippen LogP contribution in [0.1, 0.15) is 12.8 Å². The van der Waals surface area contributed by atoms with Crippen LogP contribution in [-0.4, -0.2) is 13.2 Å². The Morgan fingerprint density at radius 1 is 1.00 bits per heavy atom. The van der Waals surface area contributed by atoms with E-state index in [1.54, 1.807) is 0 Å². The molecule has 0 unspecified atom stereocenters. The van der Waals surface area contributed by atoms with Gasteiger partial charge >= 0.3 is 0 Å². The van der Waals surface area contributed by atoms with Gasteiger partial charge in [0, 0.05) is 13.2 Å². The van der Waals surface area contributed by atoms with Crippen molar-refractivity contribution in [2.45, 2.75) is 12.8 Å². The van der Waals surface area contributed by atoms with Gasteiger partial charge in [-0.3, -0.25) is 0 Å². The van der Waals surface area contributed by atoms with Gasteiger partial charge < -0.3 is 4.74 Å². The maximum absolute atomic E-state index is 4.94. The van der Waals surface area contributed by atoms with Crippen LogP contribution < -0.4 is 0 Å². The van der Waals surface area contributed by atoms with Crippen LogP contribution in [0.5, 0.6) is 0 Å². The van der Waals surface area contributed by atoms with E-state index in [-0.39, 0.29) is 0 Å². The largest absolute Gasteiger partial charge is 0.381 e. The highest BCUT2D eigenvalue weighted by molar-refractivity contribution is 8.20. The highest BCUT2D eigenvalue weighted by Gasteiger charge is 1.94. The maximum Gasteiger partial charge on any atom is 0.179 e. The first kappa shape index (κ1) is 10.3. The molecule has 1 aliphatic heterocycles. The zero-order valence-electron chi connectivity index (χ0n) is 4.82. The fourth-order valence-electron chi connectivity index (χ4n) is 0.510. The van der Waals surface area contributed by atoms with E-state index >= 15 is 0 Å². The van der Waals surface area contributed by atoms with Crippen molar-refractivity contribution in [1.82, 2.24) is 0 Å². The quantitative estimate of drug-likeness (QED) is 0.552. The molecule has 1 rings (SSSR count).